The van der Waals surface area contributed by atoms with Crippen LogP contribution in [0.5, 0.6) is 0 Å². The molecule has 0 bridgehead atoms. The summed E-state index contributed by atoms with van der Waals surface area (Å²) in [6, 6.07) is 5.06. The lowest BCUT2D eigenvalue weighted by molar-refractivity contribution is 0.282. The lowest BCUT2D eigenvalue weighted by Crippen LogP contribution is -2.15. The Balaban J connectivity index is 2.59. The van der Waals surface area contributed by atoms with Crippen molar-refractivity contribution in [3.8, 4) is 0 Å². The summed E-state index contributed by atoms with van der Waals surface area (Å²) in [6.07, 6.45) is 0.0209. The zero-order chi connectivity index (χ0) is 11.5. The summed E-state index contributed by atoms with van der Waals surface area (Å²) in [5, 5.41) is 8.94. The quantitative estimate of drug-likeness (QED) is 0.811. The molecule has 0 atom stereocenters. The third kappa shape index (κ3) is 1.94. The maximum Gasteiger partial charge on any atom is 0.270 e. The summed E-state index contributed by atoms with van der Waals surface area (Å²) in [5.41, 5.74) is 1.68. The zero-order valence-corrected chi connectivity index (χ0v) is 8.53. The molecule has 1 aromatic carbocycles. The number of rotatable bonds is 3. The number of nitrogens with one attached hydrogen (secondary N) is 1. The number of fused-ring (bicyclic) bond motifs is 1. The van der Waals surface area contributed by atoms with Crippen molar-refractivity contribution in [3.05, 3.63) is 39.8 Å². The van der Waals surface area contributed by atoms with E-state index in [4.69, 9.17) is 5.11 Å². The molecule has 5 heteroatoms. The SMILES string of the molecule is O=c1[nH]c2cc(CO)ccc2nc1CCF. The minimum atomic E-state index is -0.601. The molecular weight excluding hydrogens is 211 g/mol. The molecular formula is C11H11FN2O2. The van der Waals surface area contributed by atoms with Crippen molar-refractivity contribution in [1.82, 2.24) is 9.97 Å². The van der Waals surface area contributed by atoms with Gasteiger partial charge in [0.25, 0.3) is 5.56 Å². The Hall–Kier alpha value is -1.75. The van der Waals surface area contributed by atoms with Gasteiger partial charge in [-0.2, -0.15) is 0 Å². The second kappa shape index (κ2) is 4.40. The predicted octanol–water partition coefficient (Wildman–Crippen LogP) is 0.927. The van der Waals surface area contributed by atoms with Gasteiger partial charge in [0.1, 0.15) is 5.69 Å². The Bertz CT molecular complexity index is 565. The Morgan fingerprint density at radius 1 is 1.44 bits per heavy atom. The van der Waals surface area contributed by atoms with Crippen LogP contribution in [0.15, 0.2) is 23.0 Å². The van der Waals surface area contributed by atoms with Crippen molar-refractivity contribution in [1.29, 1.82) is 0 Å². The Kier molecular flexibility index (Phi) is 2.96. The number of aryl methyl sites for hydroxylation is 1. The van der Waals surface area contributed by atoms with E-state index in [1.165, 1.54) is 0 Å². The number of alkyl halides is 1. The lowest BCUT2D eigenvalue weighted by atomic mass is 10.2. The fourth-order valence-electron chi connectivity index (χ4n) is 1.53. The van der Waals surface area contributed by atoms with Gasteiger partial charge in [-0.3, -0.25) is 9.18 Å². The van der Waals surface area contributed by atoms with Gasteiger partial charge in [-0.05, 0) is 17.7 Å². The van der Waals surface area contributed by atoms with E-state index in [0.29, 0.717) is 16.6 Å². The van der Waals surface area contributed by atoms with Crippen molar-refractivity contribution in [2.45, 2.75) is 13.0 Å². The molecule has 0 spiro atoms. The first-order valence-electron chi connectivity index (χ1n) is 4.93. The summed E-state index contributed by atoms with van der Waals surface area (Å²) in [7, 11) is 0. The smallest absolute Gasteiger partial charge is 0.270 e. The molecule has 0 amide bonds. The van der Waals surface area contributed by atoms with E-state index in [1.54, 1.807) is 18.2 Å². The summed E-state index contributed by atoms with van der Waals surface area (Å²) >= 11 is 0. The van der Waals surface area contributed by atoms with Crippen molar-refractivity contribution in [2.75, 3.05) is 6.67 Å². The van der Waals surface area contributed by atoms with Crippen LogP contribution in [0.4, 0.5) is 4.39 Å². The number of H-pyrrole nitrogens is 1. The molecule has 2 aromatic rings. The highest BCUT2D eigenvalue weighted by Gasteiger charge is 2.04. The number of hydrogen-bond donors (Lipinski definition) is 2. The zero-order valence-electron chi connectivity index (χ0n) is 8.53. The van der Waals surface area contributed by atoms with E-state index in [9.17, 15) is 9.18 Å². The Labute approximate surface area is 90.8 Å². The van der Waals surface area contributed by atoms with Crippen molar-refractivity contribution < 1.29 is 9.50 Å². The maximum absolute atomic E-state index is 12.2. The number of aromatic nitrogens is 2. The topological polar surface area (TPSA) is 66.0 Å². The van der Waals surface area contributed by atoms with Crippen LogP contribution in [0.2, 0.25) is 0 Å². The number of aromatic amines is 1. The predicted molar refractivity (Wildman–Crippen MR) is 58.0 cm³/mol. The standard InChI is InChI=1S/C11H11FN2O2/c12-4-3-9-11(16)14-10-5-7(6-15)1-2-8(10)13-9/h1-2,5,15H,3-4,6H2,(H,14,16). The van der Waals surface area contributed by atoms with Crippen LogP contribution < -0.4 is 5.56 Å². The third-order valence-electron chi connectivity index (χ3n) is 2.34. The summed E-state index contributed by atoms with van der Waals surface area (Å²) in [6.45, 7) is -0.694. The molecule has 2 rings (SSSR count). The van der Waals surface area contributed by atoms with Gasteiger partial charge in [0.05, 0.1) is 24.3 Å². The maximum atomic E-state index is 12.2. The van der Waals surface area contributed by atoms with Crippen molar-refractivity contribution >= 4 is 11.0 Å². The van der Waals surface area contributed by atoms with E-state index in [-0.39, 0.29) is 24.3 Å². The van der Waals surface area contributed by atoms with Gasteiger partial charge >= 0.3 is 0 Å². The number of aliphatic hydroxyl groups excluding tert-OH is 1. The number of nitrogens with zero attached hydrogens (tertiary/aromatic N) is 1. The summed E-state index contributed by atoms with van der Waals surface area (Å²) in [5.74, 6) is 0. The molecule has 1 heterocycles. The first-order chi connectivity index (χ1) is 7.74. The molecule has 1 aromatic heterocycles. The van der Waals surface area contributed by atoms with E-state index < -0.39 is 6.67 Å². The van der Waals surface area contributed by atoms with E-state index in [0.717, 1.165) is 0 Å². The molecule has 0 aliphatic carbocycles. The van der Waals surface area contributed by atoms with Crippen LogP contribution >= 0.6 is 0 Å². The number of aliphatic hydroxyl groups is 1. The van der Waals surface area contributed by atoms with Gasteiger partial charge in [-0.15, -0.1) is 0 Å². The van der Waals surface area contributed by atoms with Gasteiger partial charge < -0.3 is 10.1 Å². The van der Waals surface area contributed by atoms with Gasteiger partial charge in [-0.25, -0.2) is 4.98 Å². The molecule has 4 nitrogen and oxygen atoms in total. The van der Waals surface area contributed by atoms with Crippen LogP contribution in [-0.4, -0.2) is 21.7 Å². The minimum absolute atomic E-state index is 0.0209. The highest BCUT2D eigenvalue weighted by molar-refractivity contribution is 5.74. The molecule has 0 saturated carbocycles. The van der Waals surface area contributed by atoms with E-state index >= 15 is 0 Å². The highest BCUT2D eigenvalue weighted by atomic mass is 19.1. The first-order valence-corrected chi connectivity index (χ1v) is 4.93. The fraction of sp³-hybridized carbons (Fsp3) is 0.273. The molecule has 0 aliphatic rings. The summed E-state index contributed by atoms with van der Waals surface area (Å²) < 4.78 is 12.2. The second-order valence-corrected chi connectivity index (χ2v) is 3.46. The monoisotopic (exact) mass is 222 g/mol. The van der Waals surface area contributed by atoms with E-state index in [2.05, 4.69) is 9.97 Å². The largest absolute Gasteiger partial charge is 0.392 e. The average Bonchev–Trinajstić information content (AvgIpc) is 2.30. The second-order valence-electron chi connectivity index (χ2n) is 3.46. The molecule has 16 heavy (non-hydrogen) atoms. The van der Waals surface area contributed by atoms with Gasteiger partial charge in [0.15, 0.2) is 0 Å². The van der Waals surface area contributed by atoms with Crippen molar-refractivity contribution in [2.24, 2.45) is 0 Å². The van der Waals surface area contributed by atoms with Crippen LogP contribution in [-0.2, 0) is 13.0 Å². The van der Waals surface area contributed by atoms with E-state index in [1.807, 2.05) is 0 Å². The van der Waals surface area contributed by atoms with Gasteiger partial charge in [0, 0.05) is 6.42 Å². The third-order valence-corrected chi connectivity index (χ3v) is 2.34. The van der Waals surface area contributed by atoms with Crippen LogP contribution in [0, 0.1) is 0 Å². The normalized spacial score (nSPS) is 10.9. The molecule has 0 aliphatic heterocycles. The Morgan fingerprint density at radius 2 is 2.25 bits per heavy atom. The first kappa shape index (κ1) is 10.8. The van der Waals surface area contributed by atoms with Crippen LogP contribution in [0.3, 0.4) is 0 Å². The van der Waals surface area contributed by atoms with Crippen molar-refractivity contribution in [3.63, 3.8) is 0 Å². The number of halogens is 1. The molecule has 0 radical (unpaired) electrons. The minimum Gasteiger partial charge on any atom is -0.392 e. The van der Waals surface area contributed by atoms with Crippen LogP contribution in [0.1, 0.15) is 11.3 Å². The fourth-order valence-corrected chi connectivity index (χ4v) is 1.53. The highest BCUT2D eigenvalue weighted by Crippen LogP contribution is 2.10. The van der Waals surface area contributed by atoms with Gasteiger partial charge in [0.2, 0.25) is 0 Å². The molecule has 0 fully saturated rings. The Morgan fingerprint density at radius 3 is 2.94 bits per heavy atom. The molecule has 2 N–H and O–H groups in total. The lowest BCUT2D eigenvalue weighted by Gasteiger charge is -2.02. The number of hydrogen-bond acceptors (Lipinski definition) is 3. The molecule has 0 unspecified atom stereocenters. The molecule has 84 valence electrons. The summed E-state index contributed by atoms with van der Waals surface area (Å²) in [4.78, 5) is 18.2. The molecule has 0 saturated heterocycles. The average molecular weight is 222 g/mol. The van der Waals surface area contributed by atoms with Crippen LogP contribution in [0.25, 0.3) is 11.0 Å². The number of benzene rings is 1. The van der Waals surface area contributed by atoms with Gasteiger partial charge in [-0.1, -0.05) is 6.07 Å².